The number of hydrogen-bond donors (Lipinski definition) is 1. The molecule has 0 aliphatic carbocycles. The molecule has 0 fully saturated rings. The first-order chi connectivity index (χ1) is 14.0. The molecule has 29 heavy (non-hydrogen) atoms. The number of aliphatic hydroxyl groups excluding tert-OH is 1. The molecule has 148 valence electrons. The lowest BCUT2D eigenvalue weighted by molar-refractivity contribution is -0.118. The molecule has 1 aromatic carbocycles. The average molecular weight is 409 g/mol. The maximum absolute atomic E-state index is 12.9. The first-order valence-corrected chi connectivity index (χ1v) is 10.1. The standard InChI is InChI=1S/C21H19N3O4S/c1-3-15(25)17-18(14-7-5-6-10-22-14)24(20(27)19(17)26)21-23-13-9-8-12(28-4-2)11-16(13)29-21/h5-11,18,26H,3-4H2,1-2H3. The SMILES string of the molecule is CCOc1ccc2nc(N3C(=O)C(O)=C(C(=O)CC)C3c3ccccn3)sc2c1. The molecule has 4 rings (SSSR count). The molecule has 8 heteroatoms. The highest BCUT2D eigenvalue weighted by Crippen LogP contribution is 2.43. The summed E-state index contributed by atoms with van der Waals surface area (Å²) in [6.45, 7) is 4.14. The third-order valence-corrected chi connectivity index (χ3v) is 5.68. The number of ketones is 1. The highest BCUT2D eigenvalue weighted by molar-refractivity contribution is 7.22. The predicted molar refractivity (Wildman–Crippen MR) is 110 cm³/mol. The van der Waals surface area contributed by atoms with E-state index in [1.807, 2.05) is 25.1 Å². The Balaban J connectivity index is 1.84. The van der Waals surface area contributed by atoms with Gasteiger partial charge in [-0.25, -0.2) is 4.98 Å². The van der Waals surface area contributed by atoms with Crippen molar-refractivity contribution < 1.29 is 19.4 Å². The number of amides is 1. The maximum atomic E-state index is 12.9. The van der Waals surface area contributed by atoms with E-state index in [9.17, 15) is 14.7 Å². The fraction of sp³-hybridized carbons (Fsp3) is 0.238. The van der Waals surface area contributed by atoms with Gasteiger partial charge in [0.05, 0.1) is 28.1 Å². The molecule has 0 saturated heterocycles. The van der Waals surface area contributed by atoms with Crippen molar-refractivity contribution in [1.29, 1.82) is 0 Å². The Morgan fingerprint density at radius 3 is 2.79 bits per heavy atom. The zero-order valence-corrected chi connectivity index (χ0v) is 16.8. The van der Waals surface area contributed by atoms with E-state index in [0.29, 0.717) is 28.7 Å². The van der Waals surface area contributed by atoms with Crippen molar-refractivity contribution in [2.75, 3.05) is 11.5 Å². The maximum Gasteiger partial charge on any atom is 0.296 e. The minimum Gasteiger partial charge on any atom is -0.503 e. The highest BCUT2D eigenvalue weighted by Gasteiger charge is 2.45. The molecule has 1 aliphatic rings. The zero-order chi connectivity index (χ0) is 20.5. The van der Waals surface area contributed by atoms with E-state index >= 15 is 0 Å². The van der Waals surface area contributed by atoms with Crippen LogP contribution in [0.25, 0.3) is 10.2 Å². The molecule has 1 unspecified atom stereocenters. The summed E-state index contributed by atoms with van der Waals surface area (Å²) in [7, 11) is 0. The molecular weight excluding hydrogens is 390 g/mol. The zero-order valence-electron chi connectivity index (χ0n) is 16.0. The summed E-state index contributed by atoms with van der Waals surface area (Å²) in [5.41, 5.74) is 1.26. The van der Waals surface area contributed by atoms with E-state index in [4.69, 9.17) is 4.74 Å². The van der Waals surface area contributed by atoms with Gasteiger partial charge in [-0.15, -0.1) is 0 Å². The van der Waals surface area contributed by atoms with Gasteiger partial charge in [-0.2, -0.15) is 0 Å². The second-order valence-corrected chi connectivity index (χ2v) is 7.44. The molecule has 0 spiro atoms. The Morgan fingerprint density at radius 1 is 1.28 bits per heavy atom. The van der Waals surface area contributed by atoms with Gasteiger partial charge in [0.1, 0.15) is 11.8 Å². The summed E-state index contributed by atoms with van der Waals surface area (Å²) in [6, 6.07) is 9.95. The number of hydrogen-bond acceptors (Lipinski definition) is 7. The molecule has 1 atom stereocenters. The van der Waals surface area contributed by atoms with Crippen molar-refractivity contribution in [1.82, 2.24) is 9.97 Å². The van der Waals surface area contributed by atoms with Gasteiger partial charge in [0.25, 0.3) is 5.91 Å². The molecule has 3 aromatic rings. The highest BCUT2D eigenvalue weighted by atomic mass is 32.1. The number of aliphatic hydroxyl groups is 1. The second-order valence-electron chi connectivity index (χ2n) is 6.43. The van der Waals surface area contributed by atoms with Crippen LogP contribution < -0.4 is 9.64 Å². The lowest BCUT2D eigenvalue weighted by Gasteiger charge is -2.23. The van der Waals surface area contributed by atoms with Crippen LogP contribution in [-0.2, 0) is 9.59 Å². The molecule has 3 heterocycles. The summed E-state index contributed by atoms with van der Waals surface area (Å²) >= 11 is 1.30. The molecule has 1 aliphatic heterocycles. The van der Waals surface area contributed by atoms with Crippen LogP contribution in [0.5, 0.6) is 5.75 Å². The van der Waals surface area contributed by atoms with E-state index in [2.05, 4.69) is 9.97 Å². The minimum atomic E-state index is -0.817. The third-order valence-electron chi connectivity index (χ3n) is 4.66. The number of rotatable bonds is 6. The quantitative estimate of drug-likeness (QED) is 0.662. The Bertz CT molecular complexity index is 1120. The van der Waals surface area contributed by atoms with Crippen molar-refractivity contribution in [2.45, 2.75) is 26.3 Å². The van der Waals surface area contributed by atoms with Crippen LogP contribution in [0, 0.1) is 0 Å². The van der Waals surface area contributed by atoms with Crippen LogP contribution >= 0.6 is 11.3 Å². The van der Waals surface area contributed by atoms with E-state index in [-0.39, 0.29) is 17.8 Å². The normalized spacial score (nSPS) is 16.7. The molecule has 0 bridgehead atoms. The van der Waals surface area contributed by atoms with Crippen molar-refractivity contribution in [3.63, 3.8) is 0 Å². The van der Waals surface area contributed by atoms with Crippen LogP contribution in [0.3, 0.4) is 0 Å². The van der Waals surface area contributed by atoms with Gasteiger partial charge in [-0.1, -0.05) is 24.3 Å². The summed E-state index contributed by atoms with van der Waals surface area (Å²) in [5, 5.41) is 10.9. The largest absolute Gasteiger partial charge is 0.503 e. The number of pyridine rings is 1. The molecule has 2 aromatic heterocycles. The van der Waals surface area contributed by atoms with Gasteiger partial charge in [-0.3, -0.25) is 19.5 Å². The van der Waals surface area contributed by atoms with Gasteiger partial charge in [0.2, 0.25) is 0 Å². The topological polar surface area (TPSA) is 92.6 Å². The first kappa shape index (κ1) is 19.1. The lowest BCUT2D eigenvalue weighted by atomic mass is 9.99. The Kier molecular flexibility index (Phi) is 5.02. The van der Waals surface area contributed by atoms with Gasteiger partial charge < -0.3 is 9.84 Å². The van der Waals surface area contributed by atoms with Crippen LogP contribution in [0.1, 0.15) is 32.0 Å². The van der Waals surface area contributed by atoms with E-state index < -0.39 is 17.7 Å². The van der Waals surface area contributed by atoms with Crippen molar-refractivity contribution in [3.05, 3.63) is 59.6 Å². The average Bonchev–Trinajstić information content (AvgIpc) is 3.26. The summed E-state index contributed by atoms with van der Waals surface area (Å²) < 4.78 is 6.38. The van der Waals surface area contributed by atoms with Crippen LogP contribution in [0.15, 0.2) is 53.9 Å². The number of Topliss-reactive ketones (excluding diaryl/α,β-unsaturated/α-hetero) is 1. The Hall–Kier alpha value is -3.26. The number of benzene rings is 1. The fourth-order valence-corrected chi connectivity index (χ4v) is 4.37. The summed E-state index contributed by atoms with van der Waals surface area (Å²) in [6.07, 6.45) is 1.76. The van der Waals surface area contributed by atoms with E-state index in [1.54, 1.807) is 31.3 Å². The number of aromatic nitrogens is 2. The third kappa shape index (κ3) is 3.25. The van der Waals surface area contributed by atoms with Crippen molar-refractivity contribution in [2.24, 2.45) is 0 Å². The van der Waals surface area contributed by atoms with Crippen LogP contribution in [-0.4, -0.2) is 33.4 Å². The number of fused-ring (bicyclic) bond motifs is 1. The number of ether oxygens (including phenoxy) is 1. The molecule has 7 nitrogen and oxygen atoms in total. The number of carbonyl (C=O) groups excluding carboxylic acids is 2. The smallest absolute Gasteiger partial charge is 0.296 e. The molecule has 1 amide bonds. The summed E-state index contributed by atoms with van der Waals surface area (Å²) in [5.74, 6) is -0.774. The monoisotopic (exact) mass is 409 g/mol. The number of anilines is 1. The predicted octanol–water partition coefficient (Wildman–Crippen LogP) is 3.97. The second kappa shape index (κ2) is 7.63. The number of carbonyl (C=O) groups is 2. The molecule has 0 saturated carbocycles. The Morgan fingerprint density at radius 2 is 2.10 bits per heavy atom. The van der Waals surface area contributed by atoms with E-state index in [1.165, 1.54) is 16.2 Å². The molecular formula is C21H19N3O4S. The lowest BCUT2D eigenvalue weighted by Crippen LogP contribution is -2.31. The van der Waals surface area contributed by atoms with Crippen molar-refractivity contribution >= 4 is 38.4 Å². The van der Waals surface area contributed by atoms with Gasteiger partial charge in [0.15, 0.2) is 16.7 Å². The van der Waals surface area contributed by atoms with Gasteiger partial charge in [-0.05, 0) is 37.3 Å². The number of nitrogens with zero attached hydrogens (tertiary/aromatic N) is 3. The van der Waals surface area contributed by atoms with Gasteiger partial charge >= 0.3 is 0 Å². The molecule has 1 N–H and O–H groups in total. The number of thiazole rings is 1. The van der Waals surface area contributed by atoms with Crippen LogP contribution in [0.4, 0.5) is 5.13 Å². The molecule has 0 radical (unpaired) electrons. The summed E-state index contributed by atoms with van der Waals surface area (Å²) in [4.78, 5) is 35.8. The van der Waals surface area contributed by atoms with Gasteiger partial charge in [0, 0.05) is 12.6 Å². The fourth-order valence-electron chi connectivity index (χ4n) is 3.35. The Labute approximate surface area is 171 Å². The van der Waals surface area contributed by atoms with Crippen molar-refractivity contribution in [3.8, 4) is 5.75 Å². The van der Waals surface area contributed by atoms with E-state index in [0.717, 1.165) is 4.70 Å². The first-order valence-electron chi connectivity index (χ1n) is 9.29. The minimum absolute atomic E-state index is 0.0606. The van der Waals surface area contributed by atoms with Crippen LogP contribution in [0.2, 0.25) is 0 Å².